The van der Waals surface area contributed by atoms with Gasteiger partial charge in [-0.25, -0.2) is 4.98 Å². The molecular weight excluding hydrogens is 450 g/mol. The van der Waals surface area contributed by atoms with Crippen molar-refractivity contribution in [2.45, 2.75) is 51.2 Å². The molecule has 0 aliphatic carbocycles. The van der Waals surface area contributed by atoms with Crippen molar-refractivity contribution in [3.05, 3.63) is 64.4 Å². The van der Waals surface area contributed by atoms with Gasteiger partial charge in [0, 0.05) is 6.54 Å². The van der Waals surface area contributed by atoms with Crippen molar-refractivity contribution in [2.75, 3.05) is 12.3 Å². The predicted octanol–water partition coefficient (Wildman–Crippen LogP) is 5.65. The molecule has 2 aromatic carbocycles. The smallest absolute Gasteiger partial charge is 0.233 e. The van der Waals surface area contributed by atoms with Gasteiger partial charge in [-0.3, -0.25) is 9.36 Å². The Morgan fingerprint density at radius 2 is 1.97 bits per heavy atom. The first-order valence-electron chi connectivity index (χ1n) is 11.3. The number of hydrogen-bond acceptors (Lipinski definition) is 6. The van der Waals surface area contributed by atoms with Crippen LogP contribution in [0.5, 0.6) is 0 Å². The zero-order valence-electron chi connectivity index (χ0n) is 19.1. The molecular formula is C25H27N5OS2. The third kappa shape index (κ3) is 4.42. The molecule has 5 rings (SSSR count). The van der Waals surface area contributed by atoms with Gasteiger partial charge in [-0.2, -0.15) is 0 Å². The van der Waals surface area contributed by atoms with Crippen molar-refractivity contribution in [3.8, 4) is 5.69 Å². The maximum Gasteiger partial charge on any atom is 0.233 e. The minimum absolute atomic E-state index is 0.0582. The van der Waals surface area contributed by atoms with E-state index in [1.165, 1.54) is 22.0 Å². The zero-order valence-corrected chi connectivity index (χ0v) is 20.7. The molecule has 33 heavy (non-hydrogen) atoms. The van der Waals surface area contributed by atoms with Gasteiger partial charge in [0.25, 0.3) is 0 Å². The van der Waals surface area contributed by atoms with Crippen LogP contribution < -0.4 is 0 Å². The summed E-state index contributed by atoms with van der Waals surface area (Å²) >= 11 is 3.17. The first-order chi connectivity index (χ1) is 16.0. The summed E-state index contributed by atoms with van der Waals surface area (Å²) in [6.45, 7) is 6.90. The number of para-hydroxylation sites is 1. The lowest BCUT2D eigenvalue weighted by atomic mass is 10.0. The van der Waals surface area contributed by atoms with Crippen LogP contribution in [-0.4, -0.2) is 42.9 Å². The molecule has 0 saturated carbocycles. The standard InChI is InChI=1S/C25H27N5OS2/c1-16-11-12-17(2)21(14-16)30-18(3)27-28-25(30)32-15-23(31)29-13-7-6-9-20(29)24-26-19-8-4-5-10-22(19)33-24/h4-5,8,10-12,14,20H,6-7,9,13,15H2,1-3H3. The number of piperidine rings is 1. The Hall–Kier alpha value is -2.71. The van der Waals surface area contributed by atoms with Gasteiger partial charge in [-0.05, 0) is 69.4 Å². The van der Waals surface area contributed by atoms with Gasteiger partial charge in [0.15, 0.2) is 5.16 Å². The van der Waals surface area contributed by atoms with Crippen molar-refractivity contribution < 1.29 is 4.79 Å². The van der Waals surface area contributed by atoms with Crippen LogP contribution >= 0.6 is 23.1 Å². The Morgan fingerprint density at radius 3 is 2.82 bits per heavy atom. The topological polar surface area (TPSA) is 63.9 Å². The minimum Gasteiger partial charge on any atom is -0.332 e. The fourth-order valence-corrected chi connectivity index (χ4v) is 6.39. The summed E-state index contributed by atoms with van der Waals surface area (Å²) in [7, 11) is 0. The van der Waals surface area contributed by atoms with Crippen LogP contribution in [0.2, 0.25) is 0 Å². The lowest BCUT2D eigenvalue weighted by molar-refractivity contribution is -0.132. The first kappa shape index (κ1) is 22.1. The number of rotatable bonds is 5. The second-order valence-electron chi connectivity index (χ2n) is 8.56. The minimum atomic E-state index is 0.0582. The van der Waals surface area contributed by atoms with Crippen molar-refractivity contribution in [1.29, 1.82) is 0 Å². The van der Waals surface area contributed by atoms with E-state index in [1.807, 2.05) is 30.0 Å². The highest BCUT2D eigenvalue weighted by Crippen LogP contribution is 2.36. The molecule has 2 aromatic heterocycles. The third-order valence-electron chi connectivity index (χ3n) is 6.14. The quantitative estimate of drug-likeness (QED) is 0.348. The Labute approximate surface area is 202 Å². The molecule has 1 amide bonds. The number of likely N-dealkylation sites (tertiary alicyclic amines) is 1. The molecule has 6 nitrogen and oxygen atoms in total. The summed E-state index contributed by atoms with van der Waals surface area (Å²) in [5, 5.41) is 10.5. The van der Waals surface area contributed by atoms with Crippen molar-refractivity contribution in [3.63, 3.8) is 0 Å². The Balaban J connectivity index is 1.36. The second kappa shape index (κ2) is 9.27. The van der Waals surface area contributed by atoms with Crippen LogP contribution in [-0.2, 0) is 4.79 Å². The highest BCUT2D eigenvalue weighted by molar-refractivity contribution is 7.99. The number of carbonyl (C=O) groups is 1. The van der Waals surface area contributed by atoms with Gasteiger partial charge in [-0.15, -0.1) is 21.5 Å². The molecule has 1 unspecified atom stereocenters. The SMILES string of the molecule is Cc1ccc(C)c(-n2c(C)nnc2SCC(=O)N2CCCCC2c2nc3ccccc3s2)c1. The first-order valence-corrected chi connectivity index (χ1v) is 13.1. The summed E-state index contributed by atoms with van der Waals surface area (Å²) in [5.74, 6) is 1.30. The van der Waals surface area contributed by atoms with Gasteiger partial charge >= 0.3 is 0 Å². The maximum absolute atomic E-state index is 13.4. The van der Waals surface area contributed by atoms with E-state index in [2.05, 4.69) is 52.9 Å². The van der Waals surface area contributed by atoms with Crippen LogP contribution in [0, 0.1) is 20.8 Å². The second-order valence-corrected chi connectivity index (χ2v) is 10.6. The molecule has 1 saturated heterocycles. The summed E-state index contributed by atoms with van der Waals surface area (Å²) in [4.78, 5) is 20.3. The number of fused-ring (bicyclic) bond motifs is 1. The van der Waals surface area contributed by atoms with Crippen LogP contribution in [0.15, 0.2) is 47.6 Å². The van der Waals surface area contributed by atoms with E-state index in [1.54, 1.807) is 11.3 Å². The number of aryl methyl sites for hydroxylation is 3. The summed E-state index contributed by atoms with van der Waals surface area (Å²) in [6, 6.07) is 14.6. The molecule has 0 radical (unpaired) electrons. The van der Waals surface area contributed by atoms with Crippen LogP contribution in [0.3, 0.4) is 0 Å². The number of hydrogen-bond donors (Lipinski definition) is 0. The van der Waals surface area contributed by atoms with E-state index in [9.17, 15) is 4.79 Å². The van der Waals surface area contributed by atoms with E-state index in [4.69, 9.17) is 4.98 Å². The number of thiazole rings is 1. The van der Waals surface area contributed by atoms with Crippen LogP contribution in [0.4, 0.5) is 0 Å². The molecule has 8 heteroatoms. The molecule has 0 N–H and O–H groups in total. The molecule has 4 aromatic rings. The van der Waals surface area contributed by atoms with Crippen molar-refractivity contribution in [1.82, 2.24) is 24.6 Å². The van der Waals surface area contributed by atoms with Crippen LogP contribution in [0.1, 0.15) is 47.3 Å². The highest BCUT2D eigenvalue weighted by Gasteiger charge is 2.30. The monoisotopic (exact) mass is 477 g/mol. The Bertz CT molecular complexity index is 1280. The number of thioether (sulfide) groups is 1. The largest absolute Gasteiger partial charge is 0.332 e. The molecule has 0 bridgehead atoms. The average molecular weight is 478 g/mol. The molecule has 1 fully saturated rings. The lowest BCUT2D eigenvalue weighted by Crippen LogP contribution is -2.39. The van der Waals surface area contributed by atoms with E-state index in [0.717, 1.165) is 58.6 Å². The van der Waals surface area contributed by atoms with E-state index < -0.39 is 0 Å². The highest BCUT2D eigenvalue weighted by atomic mass is 32.2. The van der Waals surface area contributed by atoms with Crippen molar-refractivity contribution >= 4 is 39.2 Å². The number of benzene rings is 2. The number of aromatic nitrogens is 4. The van der Waals surface area contributed by atoms with Gasteiger partial charge in [0.1, 0.15) is 10.8 Å². The number of nitrogens with zero attached hydrogens (tertiary/aromatic N) is 5. The Kier molecular flexibility index (Phi) is 6.21. The Morgan fingerprint density at radius 1 is 1.12 bits per heavy atom. The van der Waals surface area contributed by atoms with Gasteiger partial charge in [-0.1, -0.05) is 36.0 Å². The molecule has 0 spiro atoms. The van der Waals surface area contributed by atoms with Gasteiger partial charge < -0.3 is 4.90 Å². The number of carbonyl (C=O) groups excluding carboxylic acids is 1. The van der Waals surface area contributed by atoms with E-state index >= 15 is 0 Å². The average Bonchev–Trinajstić information content (AvgIpc) is 3.42. The van der Waals surface area contributed by atoms with Gasteiger partial charge in [0.2, 0.25) is 5.91 Å². The predicted molar refractivity (Wildman–Crippen MR) is 134 cm³/mol. The maximum atomic E-state index is 13.4. The van der Waals surface area contributed by atoms with E-state index in [-0.39, 0.29) is 11.9 Å². The van der Waals surface area contributed by atoms with E-state index in [0.29, 0.717) is 5.75 Å². The fraction of sp³-hybridized carbons (Fsp3) is 0.360. The van der Waals surface area contributed by atoms with Gasteiger partial charge in [0.05, 0.1) is 27.7 Å². The zero-order chi connectivity index (χ0) is 22.9. The summed E-state index contributed by atoms with van der Waals surface area (Å²) in [6.07, 6.45) is 3.13. The number of amides is 1. The molecule has 3 heterocycles. The third-order valence-corrected chi connectivity index (χ3v) is 8.20. The lowest BCUT2D eigenvalue weighted by Gasteiger charge is -2.34. The fourth-order valence-electron chi connectivity index (χ4n) is 4.40. The van der Waals surface area contributed by atoms with Crippen LogP contribution in [0.25, 0.3) is 15.9 Å². The molecule has 170 valence electrons. The summed E-state index contributed by atoms with van der Waals surface area (Å²) < 4.78 is 3.23. The van der Waals surface area contributed by atoms with Crippen molar-refractivity contribution in [2.24, 2.45) is 0 Å². The molecule has 1 aliphatic rings. The normalized spacial score (nSPS) is 16.5. The molecule has 1 aliphatic heterocycles. The molecule has 1 atom stereocenters. The summed E-state index contributed by atoms with van der Waals surface area (Å²) in [5.41, 5.74) is 4.42.